The molecule has 2 amide bonds. The van der Waals surface area contributed by atoms with Gasteiger partial charge in [-0.25, -0.2) is 4.79 Å². The Morgan fingerprint density at radius 2 is 2.00 bits per heavy atom. The average molecular weight is 358 g/mol. The number of rotatable bonds is 3. The van der Waals surface area contributed by atoms with E-state index in [-0.39, 0.29) is 23.9 Å². The molecule has 0 spiro atoms. The zero-order chi connectivity index (χ0) is 15.7. The zero-order valence-corrected chi connectivity index (χ0v) is 15.1. The lowest BCUT2D eigenvalue weighted by Gasteiger charge is -2.42. The first-order chi connectivity index (χ1) is 10.6. The van der Waals surface area contributed by atoms with Crippen molar-refractivity contribution in [2.45, 2.75) is 37.1 Å². The fraction of sp³-hybridized carbons (Fsp3) is 0.588. The minimum Gasteiger partial charge on any atom is -0.330 e. The van der Waals surface area contributed by atoms with Crippen LogP contribution < -0.4 is 5.73 Å². The fourth-order valence-corrected chi connectivity index (χ4v) is 4.09. The summed E-state index contributed by atoms with van der Waals surface area (Å²) in [6, 6.07) is 8.61. The van der Waals surface area contributed by atoms with Crippen LogP contribution in [0.25, 0.3) is 0 Å². The van der Waals surface area contributed by atoms with E-state index in [0.717, 1.165) is 43.8 Å². The Kier molecular flexibility index (Phi) is 5.82. The maximum absolute atomic E-state index is 12.2. The van der Waals surface area contributed by atoms with Gasteiger partial charge in [-0.1, -0.05) is 23.7 Å². The van der Waals surface area contributed by atoms with Crippen LogP contribution in [-0.4, -0.2) is 48.6 Å². The third-order valence-electron chi connectivity index (χ3n) is 5.43. The highest BCUT2D eigenvalue weighted by molar-refractivity contribution is 6.30. The summed E-state index contributed by atoms with van der Waals surface area (Å²) in [5.41, 5.74) is 7.39. The van der Waals surface area contributed by atoms with Gasteiger partial charge in [0.05, 0.1) is 0 Å². The van der Waals surface area contributed by atoms with E-state index in [1.54, 1.807) is 0 Å². The Bertz CT molecular complexity index is 559. The molecule has 3 rings (SSSR count). The molecule has 6 heteroatoms. The first kappa shape index (κ1) is 18.4. The minimum absolute atomic E-state index is 0. The van der Waals surface area contributed by atoms with Gasteiger partial charge >= 0.3 is 6.03 Å². The van der Waals surface area contributed by atoms with Crippen molar-refractivity contribution in [3.63, 3.8) is 0 Å². The van der Waals surface area contributed by atoms with Gasteiger partial charge in [-0.05, 0) is 43.4 Å². The number of nitrogens with zero attached hydrogens (tertiary/aromatic N) is 2. The predicted molar refractivity (Wildman–Crippen MR) is 96.4 cm³/mol. The van der Waals surface area contributed by atoms with E-state index in [9.17, 15) is 4.79 Å². The van der Waals surface area contributed by atoms with Gasteiger partial charge in [0.2, 0.25) is 0 Å². The van der Waals surface area contributed by atoms with Crippen LogP contribution in [0, 0.1) is 0 Å². The van der Waals surface area contributed by atoms with E-state index in [1.165, 1.54) is 5.56 Å². The summed E-state index contributed by atoms with van der Waals surface area (Å²) in [6.45, 7) is 2.33. The molecular formula is C17H25Cl2N3O. The van der Waals surface area contributed by atoms with Crippen molar-refractivity contribution in [1.29, 1.82) is 0 Å². The molecule has 4 nitrogen and oxygen atoms in total. The van der Waals surface area contributed by atoms with Crippen LogP contribution in [-0.2, 0) is 5.41 Å². The van der Waals surface area contributed by atoms with Gasteiger partial charge in [-0.15, -0.1) is 12.4 Å². The van der Waals surface area contributed by atoms with Gasteiger partial charge in [0.1, 0.15) is 0 Å². The molecule has 2 fully saturated rings. The number of hydrogen-bond acceptors (Lipinski definition) is 2. The molecule has 128 valence electrons. The predicted octanol–water partition coefficient (Wildman–Crippen LogP) is 3.27. The molecule has 1 saturated heterocycles. The molecule has 1 aliphatic heterocycles. The molecule has 1 aromatic rings. The molecule has 1 aromatic carbocycles. The molecule has 1 saturated carbocycles. The summed E-state index contributed by atoms with van der Waals surface area (Å²) in [5, 5.41) is 0.767. The number of nitrogens with two attached hydrogens (primary N) is 1. The molecule has 0 atom stereocenters. The van der Waals surface area contributed by atoms with Crippen molar-refractivity contribution < 1.29 is 4.79 Å². The van der Waals surface area contributed by atoms with Crippen LogP contribution in [0.5, 0.6) is 0 Å². The van der Waals surface area contributed by atoms with E-state index in [1.807, 2.05) is 35.0 Å². The molecule has 1 aliphatic carbocycles. The van der Waals surface area contributed by atoms with Gasteiger partial charge in [0, 0.05) is 43.2 Å². The van der Waals surface area contributed by atoms with Gasteiger partial charge in [0.15, 0.2) is 0 Å². The second-order valence-electron chi connectivity index (χ2n) is 6.62. The summed E-state index contributed by atoms with van der Waals surface area (Å²) in [4.78, 5) is 16.0. The summed E-state index contributed by atoms with van der Waals surface area (Å²) < 4.78 is 0. The van der Waals surface area contributed by atoms with Crippen LogP contribution in [0.2, 0.25) is 5.02 Å². The van der Waals surface area contributed by atoms with Gasteiger partial charge in [-0.3, -0.25) is 0 Å². The summed E-state index contributed by atoms with van der Waals surface area (Å²) >= 11 is 6.15. The molecule has 0 radical (unpaired) electrons. The first-order valence-electron chi connectivity index (χ1n) is 8.03. The molecule has 0 bridgehead atoms. The highest BCUT2D eigenvalue weighted by atomic mass is 35.5. The molecule has 2 aliphatic rings. The summed E-state index contributed by atoms with van der Waals surface area (Å²) in [6.07, 6.45) is 4.07. The average Bonchev–Trinajstić information content (AvgIpc) is 2.87. The molecule has 1 heterocycles. The fourth-order valence-electron chi connectivity index (χ4n) is 3.90. The van der Waals surface area contributed by atoms with E-state index < -0.39 is 0 Å². The third-order valence-corrected chi connectivity index (χ3v) is 5.66. The minimum atomic E-state index is 0. The van der Waals surface area contributed by atoms with Crippen LogP contribution in [0.4, 0.5) is 4.79 Å². The van der Waals surface area contributed by atoms with Crippen LogP contribution in [0.3, 0.4) is 0 Å². The zero-order valence-electron chi connectivity index (χ0n) is 13.5. The third kappa shape index (κ3) is 3.44. The van der Waals surface area contributed by atoms with E-state index >= 15 is 0 Å². The topological polar surface area (TPSA) is 49.6 Å². The Labute approximate surface area is 149 Å². The number of benzene rings is 1. The highest BCUT2D eigenvalue weighted by Crippen LogP contribution is 2.41. The molecule has 0 unspecified atom stereocenters. The molecular weight excluding hydrogens is 333 g/mol. The maximum Gasteiger partial charge on any atom is 0.320 e. The van der Waals surface area contributed by atoms with Gasteiger partial charge in [0.25, 0.3) is 0 Å². The number of carbonyl (C=O) groups excluding carboxylic acids is 1. The van der Waals surface area contributed by atoms with Crippen LogP contribution >= 0.6 is 24.0 Å². The van der Waals surface area contributed by atoms with Gasteiger partial charge < -0.3 is 15.5 Å². The summed E-state index contributed by atoms with van der Waals surface area (Å²) in [7, 11) is 1.88. The van der Waals surface area contributed by atoms with Crippen molar-refractivity contribution in [3.05, 3.63) is 34.9 Å². The largest absolute Gasteiger partial charge is 0.330 e. The normalized spacial score (nSPS) is 28.0. The Balaban J connectivity index is 0.00000192. The number of amides is 2. The van der Waals surface area contributed by atoms with E-state index in [4.69, 9.17) is 17.3 Å². The lowest BCUT2D eigenvalue weighted by atomic mass is 9.68. The Hall–Kier alpha value is -0.970. The Morgan fingerprint density at radius 1 is 1.30 bits per heavy atom. The van der Waals surface area contributed by atoms with E-state index in [2.05, 4.69) is 6.07 Å². The van der Waals surface area contributed by atoms with Crippen molar-refractivity contribution in [2.75, 3.05) is 26.7 Å². The number of halogens is 2. The lowest BCUT2D eigenvalue weighted by Crippen LogP contribution is -2.46. The van der Waals surface area contributed by atoms with Crippen LogP contribution in [0.1, 0.15) is 31.2 Å². The van der Waals surface area contributed by atoms with Crippen molar-refractivity contribution in [2.24, 2.45) is 5.73 Å². The van der Waals surface area contributed by atoms with Crippen molar-refractivity contribution >= 4 is 30.0 Å². The summed E-state index contributed by atoms with van der Waals surface area (Å²) in [5.74, 6) is 0. The quantitative estimate of drug-likeness (QED) is 0.902. The van der Waals surface area contributed by atoms with Crippen LogP contribution in [0.15, 0.2) is 24.3 Å². The van der Waals surface area contributed by atoms with E-state index in [0.29, 0.717) is 12.6 Å². The number of carbonyl (C=O) groups is 1. The molecule has 0 aromatic heterocycles. The highest BCUT2D eigenvalue weighted by Gasteiger charge is 2.40. The second kappa shape index (κ2) is 7.29. The number of urea groups is 1. The number of hydrogen-bond donors (Lipinski definition) is 1. The maximum atomic E-state index is 12.2. The van der Waals surface area contributed by atoms with Gasteiger partial charge in [-0.2, -0.15) is 0 Å². The smallest absolute Gasteiger partial charge is 0.320 e. The SMILES string of the molecule is CN1CCN([C@H]2CC[C@@](CN)(c3cccc(Cl)c3)CC2)C1=O.Cl. The molecule has 2 N–H and O–H groups in total. The second-order valence-corrected chi connectivity index (χ2v) is 7.06. The Morgan fingerprint density at radius 3 is 2.52 bits per heavy atom. The number of likely N-dealkylation sites (N-methyl/N-ethyl adjacent to an activating group) is 1. The lowest BCUT2D eigenvalue weighted by molar-refractivity contribution is 0.147. The first-order valence-corrected chi connectivity index (χ1v) is 8.41. The standard InChI is InChI=1S/C17H24ClN3O.ClH/c1-20-9-10-21(16(20)22)15-5-7-17(12-19,8-6-15)13-3-2-4-14(18)11-13;/h2-4,11,15H,5-10,12,19H2,1H3;1H/t15-,17+;. The monoisotopic (exact) mass is 357 g/mol. The van der Waals surface area contributed by atoms with Crippen molar-refractivity contribution in [3.8, 4) is 0 Å². The molecule has 23 heavy (non-hydrogen) atoms. The van der Waals surface area contributed by atoms with Crippen molar-refractivity contribution in [1.82, 2.24) is 9.80 Å².